The third-order valence-corrected chi connectivity index (χ3v) is 2.26. The quantitative estimate of drug-likeness (QED) is 0.742. The molecule has 15 heavy (non-hydrogen) atoms. The van der Waals surface area contributed by atoms with E-state index in [1.165, 1.54) is 4.90 Å². The molecule has 1 atom stereocenters. The van der Waals surface area contributed by atoms with Crippen molar-refractivity contribution in [3.8, 4) is 0 Å². The van der Waals surface area contributed by atoms with Crippen LogP contribution < -0.4 is 5.73 Å². The Kier molecular flexibility index (Phi) is 4.12. The second-order valence-electron chi connectivity index (χ2n) is 3.37. The molecule has 1 aromatic carbocycles. The van der Waals surface area contributed by atoms with Crippen molar-refractivity contribution in [2.45, 2.75) is 26.1 Å². The number of rotatable bonds is 4. The molecule has 0 aliphatic heterocycles. The first-order valence-corrected chi connectivity index (χ1v) is 4.94. The van der Waals surface area contributed by atoms with Crippen LogP contribution in [0.15, 0.2) is 30.3 Å². The minimum absolute atomic E-state index is 0.338. The van der Waals surface area contributed by atoms with E-state index in [1.54, 1.807) is 0 Å². The smallest absolute Gasteiger partial charge is 0.408 e. The maximum Gasteiger partial charge on any atom is 0.408 e. The zero-order valence-electron chi connectivity index (χ0n) is 8.76. The van der Waals surface area contributed by atoms with Gasteiger partial charge in [-0.15, -0.1) is 0 Å². The van der Waals surface area contributed by atoms with E-state index >= 15 is 0 Å². The molecule has 1 amide bonds. The molecule has 0 saturated heterocycles. The van der Waals surface area contributed by atoms with Crippen LogP contribution in [0.2, 0.25) is 0 Å². The Morgan fingerprint density at radius 1 is 1.47 bits per heavy atom. The molecule has 0 fully saturated rings. The third-order valence-electron chi connectivity index (χ3n) is 2.26. The molecule has 0 heterocycles. The summed E-state index contributed by atoms with van der Waals surface area (Å²) in [5.41, 5.74) is 6.66. The van der Waals surface area contributed by atoms with Gasteiger partial charge in [0.25, 0.3) is 0 Å². The zero-order chi connectivity index (χ0) is 11.3. The average Bonchev–Trinajstić information content (AvgIpc) is 2.26. The van der Waals surface area contributed by atoms with Crippen molar-refractivity contribution in [2.24, 2.45) is 5.73 Å². The number of benzene rings is 1. The van der Waals surface area contributed by atoms with E-state index in [9.17, 15) is 4.79 Å². The van der Waals surface area contributed by atoms with E-state index < -0.39 is 12.3 Å². The normalized spacial score (nSPS) is 12.1. The lowest BCUT2D eigenvalue weighted by Crippen LogP contribution is -2.44. The number of nitrogens with zero attached hydrogens (tertiary/aromatic N) is 1. The first kappa shape index (κ1) is 11.5. The van der Waals surface area contributed by atoms with Gasteiger partial charge < -0.3 is 10.8 Å². The van der Waals surface area contributed by atoms with Crippen LogP contribution in [0.25, 0.3) is 0 Å². The predicted octanol–water partition coefficient (Wildman–Crippen LogP) is 1.86. The topological polar surface area (TPSA) is 66.6 Å². The van der Waals surface area contributed by atoms with Gasteiger partial charge in [0.15, 0.2) is 0 Å². The molecule has 0 aliphatic carbocycles. The first-order chi connectivity index (χ1) is 7.15. The summed E-state index contributed by atoms with van der Waals surface area (Å²) < 4.78 is 0. The van der Waals surface area contributed by atoms with Crippen molar-refractivity contribution in [1.82, 2.24) is 4.90 Å². The van der Waals surface area contributed by atoms with Crippen molar-refractivity contribution in [3.05, 3.63) is 35.9 Å². The van der Waals surface area contributed by atoms with Crippen LogP contribution in [-0.2, 0) is 6.54 Å². The van der Waals surface area contributed by atoms with Gasteiger partial charge in [-0.05, 0) is 12.0 Å². The summed E-state index contributed by atoms with van der Waals surface area (Å²) >= 11 is 0. The Bertz CT molecular complexity index is 314. The molecular weight excluding hydrogens is 192 g/mol. The number of hydrogen-bond donors (Lipinski definition) is 2. The average molecular weight is 208 g/mol. The van der Waals surface area contributed by atoms with Crippen molar-refractivity contribution in [3.63, 3.8) is 0 Å². The van der Waals surface area contributed by atoms with Gasteiger partial charge >= 0.3 is 6.09 Å². The molecule has 1 unspecified atom stereocenters. The van der Waals surface area contributed by atoms with Crippen LogP contribution in [0.4, 0.5) is 4.79 Å². The Labute approximate surface area is 89.3 Å². The van der Waals surface area contributed by atoms with Crippen LogP contribution >= 0.6 is 0 Å². The van der Waals surface area contributed by atoms with Crippen LogP contribution in [0, 0.1) is 0 Å². The molecule has 3 N–H and O–H groups in total. The Hall–Kier alpha value is -1.55. The summed E-state index contributed by atoms with van der Waals surface area (Å²) in [4.78, 5) is 12.2. The lowest BCUT2D eigenvalue weighted by atomic mass is 10.2. The predicted molar refractivity (Wildman–Crippen MR) is 58.3 cm³/mol. The standard InChI is InChI=1S/C11H16N2O2/c1-2-10(12)13(11(14)15)8-9-6-4-3-5-7-9/h3-7,10H,2,8,12H2,1H3,(H,14,15). The summed E-state index contributed by atoms with van der Waals surface area (Å²) in [5.74, 6) is 0. The third kappa shape index (κ3) is 3.25. The second-order valence-corrected chi connectivity index (χ2v) is 3.37. The van der Waals surface area contributed by atoms with Gasteiger partial charge in [-0.25, -0.2) is 4.79 Å². The van der Waals surface area contributed by atoms with E-state index in [1.807, 2.05) is 37.3 Å². The van der Waals surface area contributed by atoms with Crippen molar-refractivity contribution >= 4 is 6.09 Å². The second kappa shape index (κ2) is 5.36. The van der Waals surface area contributed by atoms with Crippen molar-refractivity contribution in [1.29, 1.82) is 0 Å². The van der Waals surface area contributed by atoms with Gasteiger partial charge in [0.2, 0.25) is 0 Å². The molecular formula is C11H16N2O2. The van der Waals surface area contributed by atoms with Crippen molar-refractivity contribution in [2.75, 3.05) is 0 Å². The SMILES string of the molecule is CCC(N)N(Cc1ccccc1)C(=O)O. The molecule has 0 bridgehead atoms. The number of amides is 1. The fourth-order valence-corrected chi connectivity index (χ4v) is 1.33. The highest BCUT2D eigenvalue weighted by molar-refractivity contribution is 5.65. The van der Waals surface area contributed by atoms with E-state index in [0.29, 0.717) is 13.0 Å². The van der Waals surface area contributed by atoms with Gasteiger partial charge in [0, 0.05) is 0 Å². The van der Waals surface area contributed by atoms with E-state index in [-0.39, 0.29) is 0 Å². The van der Waals surface area contributed by atoms with Crippen molar-refractivity contribution < 1.29 is 9.90 Å². The number of carbonyl (C=O) groups is 1. The molecule has 0 saturated carbocycles. The van der Waals surface area contributed by atoms with Gasteiger partial charge in [-0.1, -0.05) is 37.3 Å². The van der Waals surface area contributed by atoms with Gasteiger partial charge in [0.1, 0.15) is 0 Å². The fourth-order valence-electron chi connectivity index (χ4n) is 1.33. The molecule has 0 aromatic heterocycles. The summed E-state index contributed by atoms with van der Waals surface area (Å²) in [6.07, 6.45) is -0.810. The minimum atomic E-state index is -0.979. The molecule has 0 aliphatic rings. The molecule has 4 nitrogen and oxygen atoms in total. The highest BCUT2D eigenvalue weighted by atomic mass is 16.4. The minimum Gasteiger partial charge on any atom is -0.465 e. The number of nitrogens with two attached hydrogens (primary N) is 1. The molecule has 1 rings (SSSR count). The monoisotopic (exact) mass is 208 g/mol. The Balaban J connectivity index is 2.71. The lowest BCUT2D eigenvalue weighted by molar-refractivity contribution is 0.120. The van der Waals surface area contributed by atoms with E-state index in [4.69, 9.17) is 10.8 Å². The zero-order valence-corrected chi connectivity index (χ0v) is 8.76. The molecule has 0 spiro atoms. The highest BCUT2D eigenvalue weighted by Crippen LogP contribution is 2.07. The molecule has 82 valence electrons. The summed E-state index contributed by atoms with van der Waals surface area (Å²) in [6.45, 7) is 2.21. The lowest BCUT2D eigenvalue weighted by Gasteiger charge is -2.25. The van der Waals surface area contributed by atoms with Crippen LogP contribution in [0.5, 0.6) is 0 Å². The Morgan fingerprint density at radius 2 is 2.07 bits per heavy atom. The number of hydrogen-bond acceptors (Lipinski definition) is 2. The Morgan fingerprint density at radius 3 is 2.53 bits per heavy atom. The largest absolute Gasteiger partial charge is 0.465 e. The van der Waals surface area contributed by atoms with Crippen LogP contribution in [-0.4, -0.2) is 22.3 Å². The van der Waals surface area contributed by atoms with Gasteiger partial charge in [-0.2, -0.15) is 0 Å². The molecule has 1 aromatic rings. The maximum atomic E-state index is 11.0. The highest BCUT2D eigenvalue weighted by Gasteiger charge is 2.17. The van der Waals surface area contributed by atoms with E-state index in [0.717, 1.165) is 5.56 Å². The summed E-state index contributed by atoms with van der Waals surface area (Å²) in [7, 11) is 0. The summed E-state index contributed by atoms with van der Waals surface area (Å²) in [5, 5.41) is 8.98. The molecule has 4 heteroatoms. The van der Waals surface area contributed by atoms with Gasteiger partial charge in [0.05, 0.1) is 12.7 Å². The first-order valence-electron chi connectivity index (χ1n) is 4.94. The number of carboxylic acid groups (broad SMARTS) is 1. The molecule has 0 radical (unpaired) electrons. The maximum absolute atomic E-state index is 11.0. The van der Waals surface area contributed by atoms with Crippen LogP contribution in [0.3, 0.4) is 0 Å². The fraction of sp³-hybridized carbons (Fsp3) is 0.364. The van der Waals surface area contributed by atoms with Crippen LogP contribution in [0.1, 0.15) is 18.9 Å². The van der Waals surface area contributed by atoms with E-state index in [2.05, 4.69) is 0 Å². The van der Waals surface area contributed by atoms with Gasteiger partial charge in [-0.3, -0.25) is 4.90 Å². The summed E-state index contributed by atoms with van der Waals surface area (Å²) in [6, 6.07) is 9.44.